The predicted molar refractivity (Wildman–Crippen MR) is 77.9 cm³/mol. The summed E-state index contributed by atoms with van der Waals surface area (Å²) in [7, 11) is -3.09. The minimum Gasteiger partial charge on any atom is -0.397 e. The summed E-state index contributed by atoms with van der Waals surface area (Å²) >= 11 is 3.32. The van der Waals surface area contributed by atoms with E-state index in [0.29, 0.717) is 24.6 Å². The Morgan fingerprint density at radius 3 is 2.44 bits per heavy atom. The van der Waals surface area contributed by atoms with Crippen LogP contribution in [0.4, 0.5) is 11.4 Å². The normalized spacial score (nSPS) is 11.5. The van der Waals surface area contributed by atoms with Gasteiger partial charge < -0.3 is 20.1 Å². The maximum atomic E-state index is 12.2. The molecule has 0 saturated heterocycles. The number of benzene rings is 1. The molecule has 0 spiro atoms. The van der Waals surface area contributed by atoms with Crippen molar-refractivity contribution >= 4 is 34.9 Å². The van der Waals surface area contributed by atoms with Gasteiger partial charge in [-0.25, -0.2) is 0 Å². The summed E-state index contributed by atoms with van der Waals surface area (Å²) in [5.41, 5.74) is 7.11. The van der Waals surface area contributed by atoms with Gasteiger partial charge in [0.2, 0.25) is 0 Å². The van der Waals surface area contributed by atoms with Gasteiger partial charge >= 0.3 is 7.60 Å². The Hall–Kier alpha value is -0.550. The minimum atomic E-state index is -3.09. The largest absolute Gasteiger partial charge is 0.397 e. The molecule has 1 aromatic rings. The number of hydrogen-bond donors (Lipinski definition) is 2. The molecular formula is C11H18BrN2O3P. The molecule has 7 heteroatoms. The third-order valence-electron chi connectivity index (χ3n) is 2.13. The average Bonchev–Trinajstić information content (AvgIpc) is 2.28. The summed E-state index contributed by atoms with van der Waals surface area (Å²) < 4.78 is 23.5. The molecule has 0 saturated carbocycles. The number of anilines is 2. The maximum absolute atomic E-state index is 12.2. The Labute approximate surface area is 116 Å². The van der Waals surface area contributed by atoms with Crippen LogP contribution in [-0.2, 0) is 13.6 Å². The highest BCUT2D eigenvalue weighted by Gasteiger charge is 2.23. The lowest BCUT2D eigenvalue weighted by atomic mass is 10.3. The van der Waals surface area contributed by atoms with Crippen molar-refractivity contribution in [3.05, 3.63) is 22.7 Å². The second-order valence-corrected chi connectivity index (χ2v) is 6.48. The quantitative estimate of drug-likeness (QED) is 0.587. The van der Waals surface area contributed by atoms with Crippen molar-refractivity contribution in [3.63, 3.8) is 0 Å². The van der Waals surface area contributed by atoms with Gasteiger partial charge in [-0.15, -0.1) is 0 Å². The SMILES string of the molecule is CCOP(=O)(CNc1ccc(Br)cc1N)OCC. The van der Waals surface area contributed by atoms with Gasteiger partial charge in [-0.2, -0.15) is 0 Å². The van der Waals surface area contributed by atoms with Gasteiger partial charge in [0.25, 0.3) is 0 Å². The second-order valence-electron chi connectivity index (χ2n) is 3.51. The average molecular weight is 337 g/mol. The molecule has 0 bridgehead atoms. The first-order valence-corrected chi connectivity index (χ1v) is 8.20. The molecule has 0 aromatic heterocycles. The van der Waals surface area contributed by atoms with Crippen LogP contribution in [0, 0.1) is 0 Å². The number of halogens is 1. The third kappa shape index (κ3) is 4.61. The van der Waals surface area contributed by atoms with E-state index in [4.69, 9.17) is 14.8 Å². The molecule has 0 radical (unpaired) electrons. The predicted octanol–water partition coefficient (Wildman–Crippen LogP) is 3.67. The standard InChI is InChI=1S/C11H18BrN2O3P/c1-3-16-18(15,17-4-2)8-14-11-6-5-9(12)7-10(11)13/h5-7,14H,3-4,8,13H2,1-2H3. The Bertz CT molecular complexity index is 432. The molecule has 0 atom stereocenters. The summed E-state index contributed by atoms with van der Waals surface area (Å²) in [6, 6.07) is 5.43. The van der Waals surface area contributed by atoms with E-state index in [2.05, 4.69) is 21.2 Å². The molecule has 0 heterocycles. The molecule has 0 aliphatic carbocycles. The zero-order valence-corrected chi connectivity index (χ0v) is 13.0. The second kappa shape index (κ2) is 7.14. The van der Waals surface area contributed by atoms with E-state index in [1.54, 1.807) is 19.9 Å². The molecule has 102 valence electrons. The number of rotatable bonds is 7. The van der Waals surface area contributed by atoms with Crippen LogP contribution >= 0.6 is 23.5 Å². The highest BCUT2D eigenvalue weighted by molar-refractivity contribution is 9.10. The first kappa shape index (κ1) is 15.5. The van der Waals surface area contributed by atoms with Gasteiger partial charge in [0.15, 0.2) is 0 Å². The fourth-order valence-corrected chi connectivity index (χ4v) is 3.19. The van der Waals surface area contributed by atoms with Gasteiger partial charge in [-0.1, -0.05) is 15.9 Å². The smallest absolute Gasteiger partial charge is 0.349 e. The van der Waals surface area contributed by atoms with Gasteiger partial charge in [-0.3, -0.25) is 4.57 Å². The number of nitrogen functional groups attached to an aromatic ring is 1. The van der Waals surface area contributed by atoms with E-state index in [1.807, 2.05) is 12.1 Å². The summed E-state index contributed by atoms with van der Waals surface area (Å²) in [5.74, 6) is 0. The Morgan fingerprint density at radius 2 is 1.94 bits per heavy atom. The lowest BCUT2D eigenvalue weighted by molar-refractivity contribution is 0.221. The van der Waals surface area contributed by atoms with Crippen LogP contribution in [0.15, 0.2) is 22.7 Å². The van der Waals surface area contributed by atoms with Crippen molar-refractivity contribution in [1.82, 2.24) is 0 Å². The van der Waals surface area contributed by atoms with Gasteiger partial charge in [0, 0.05) is 4.47 Å². The minimum absolute atomic E-state index is 0.0977. The van der Waals surface area contributed by atoms with Crippen LogP contribution in [0.3, 0.4) is 0 Å². The monoisotopic (exact) mass is 336 g/mol. The van der Waals surface area contributed by atoms with Gasteiger partial charge in [0.05, 0.1) is 24.6 Å². The summed E-state index contributed by atoms with van der Waals surface area (Å²) in [4.78, 5) is 0. The molecular weight excluding hydrogens is 319 g/mol. The number of hydrogen-bond acceptors (Lipinski definition) is 5. The van der Waals surface area contributed by atoms with Crippen molar-refractivity contribution in [2.75, 3.05) is 30.6 Å². The number of nitrogens with two attached hydrogens (primary N) is 1. The topological polar surface area (TPSA) is 73.6 Å². The lowest BCUT2D eigenvalue weighted by Crippen LogP contribution is -2.09. The van der Waals surface area contributed by atoms with Crippen molar-refractivity contribution < 1.29 is 13.6 Å². The molecule has 0 fully saturated rings. The molecule has 0 amide bonds. The van der Waals surface area contributed by atoms with Gasteiger partial charge in [-0.05, 0) is 32.0 Å². The van der Waals surface area contributed by atoms with Crippen molar-refractivity contribution in [3.8, 4) is 0 Å². The van der Waals surface area contributed by atoms with Crippen LogP contribution in [0.1, 0.15) is 13.8 Å². The molecule has 0 unspecified atom stereocenters. The summed E-state index contributed by atoms with van der Waals surface area (Å²) in [6.45, 7) is 4.24. The maximum Gasteiger partial charge on any atom is 0.349 e. The zero-order chi connectivity index (χ0) is 13.6. The van der Waals surface area contributed by atoms with E-state index < -0.39 is 7.60 Å². The van der Waals surface area contributed by atoms with E-state index in [0.717, 1.165) is 4.47 Å². The Morgan fingerprint density at radius 1 is 1.33 bits per heavy atom. The Kier molecular flexibility index (Phi) is 6.15. The fraction of sp³-hybridized carbons (Fsp3) is 0.455. The first-order valence-electron chi connectivity index (χ1n) is 5.67. The van der Waals surface area contributed by atoms with Crippen LogP contribution in [0.25, 0.3) is 0 Å². The molecule has 18 heavy (non-hydrogen) atoms. The van der Waals surface area contributed by atoms with Crippen molar-refractivity contribution in [2.45, 2.75) is 13.8 Å². The van der Waals surface area contributed by atoms with Gasteiger partial charge in [0.1, 0.15) is 6.29 Å². The zero-order valence-electron chi connectivity index (χ0n) is 10.5. The summed E-state index contributed by atoms with van der Waals surface area (Å²) in [5, 5.41) is 2.99. The van der Waals surface area contributed by atoms with Crippen molar-refractivity contribution in [2.24, 2.45) is 0 Å². The lowest BCUT2D eigenvalue weighted by Gasteiger charge is -2.18. The highest BCUT2D eigenvalue weighted by atomic mass is 79.9. The summed E-state index contributed by atoms with van der Waals surface area (Å²) in [6.07, 6.45) is 0.0977. The van der Waals surface area contributed by atoms with Crippen LogP contribution in [0.2, 0.25) is 0 Å². The molecule has 0 aliphatic rings. The molecule has 3 N–H and O–H groups in total. The first-order chi connectivity index (χ1) is 8.50. The molecule has 1 rings (SSSR count). The van der Waals surface area contributed by atoms with Crippen LogP contribution in [0.5, 0.6) is 0 Å². The van der Waals surface area contributed by atoms with E-state index in [-0.39, 0.29) is 6.29 Å². The highest BCUT2D eigenvalue weighted by Crippen LogP contribution is 2.47. The number of nitrogens with one attached hydrogen (secondary N) is 1. The van der Waals surface area contributed by atoms with E-state index >= 15 is 0 Å². The molecule has 5 nitrogen and oxygen atoms in total. The molecule has 1 aromatic carbocycles. The Balaban J connectivity index is 2.69. The fourth-order valence-electron chi connectivity index (χ4n) is 1.40. The van der Waals surface area contributed by atoms with Crippen LogP contribution in [-0.4, -0.2) is 19.5 Å². The molecule has 0 aliphatic heterocycles. The third-order valence-corrected chi connectivity index (χ3v) is 4.47. The van der Waals surface area contributed by atoms with Crippen LogP contribution < -0.4 is 11.1 Å². The van der Waals surface area contributed by atoms with E-state index in [9.17, 15) is 4.57 Å². The van der Waals surface area contributed by atoms with Crippen molar-refractivity contribution in [1.29, 1.82) is 0 Å². The van der Waals surface area contributed by atoms with E-state index in [1.165, 1.54) is 0 Å².